The molecule has 1 nitrogen and oxygen atoms in total. The molecule has 0 heterocycles. The van der Waals surface area contributed by atoms with Crippen LogP contribution in [0.15, 0.2) is 0 Å². The van der Waals surface area contributed by atoms with Gasteiger partial charge in [-0.05, 0) is 12.3 Å². The first-order chi connectivity index (χ1) is 5.92. The third-order valence-electron chi connectivity index (χ3n) is 3.19. The van der Waals surface area contributed by atoms with Crippen LogP contribution in [0, 0.1) is 5.92 Å². The minimum absolute atomic E-state index is 0.325. The quantitative estimate of drug-likeness (QED) is 0.736. The van der Waals surface area contributed by atoms with E-state index >= 15 is 0 Å². The molecule has 0 aliphatic carbocycles. The molecule has 0 saturated carbocycles. The second-order valence-corrected chi connectivity index (χ2v) is 18.1. The van der Waals surface area contributed by atoms with Crippen LogP contribution in [0.1, 0.15) is 20.3 Å². The van der Waals surface area contributed by atoms with E-state index in [-0.39, 0.29) is 4.85 Å². The zero-order chi connectivity index (χ0) is 11.8. The van der Waals surface area contributed by atoms with Crippen LogP contribution in [0.25, 0.3) is 0 Å². The minimum Gasteiger partial charge on any atom is -0.397 e. The zero-order valence-electron chi connectivity index (χ0n) is 11.2. The standard InChI is InChI=1S/C11H28OSi2/c1-10(2)9-11(12,13(3,4)5)14(6,7)8/h10,12H,9H2,1-8H3. The van der Waals surface area contributed by atoms with Gasteiger partial charge < -0.3 is 5.11 Å². The first-order valence-electron chi connectivity index (χ1n) is 5.64. The van der Waals surface area contributed by atoms with Gasteiger partial charge in [0.2, 0.25) is 0 Å². The van der Waals surface area contributed by atoms with Crippen molar-refractivity contribution in [2.45, 2.75) is 64.4 Å². The highest BCUT2D eigenvalue weighted by Crippen LogP contribution is 2.36. The predicted molar refractivity (Wildman–Crippen MR) is 71.1 cm³/mol. The van der Waals surface area contributed by atoms with Crippen molar-refractivity contribution in [1.82, 2.24) is 0 Å². The van der Waals surface area contributed by atoms with E-state index in [0.717, 1.165) is 6.42 Å². The number of rotatable bonds is 4. The monoisotopic (exact) mass is 232 g/mol. The summed E-state index contributed by atoms with van der Waals surface area (Å²) in [6.45, 7) is 18.2. The van der Waals surface area contributed by atoms with Gasteiger partial charge in [0.15, 0.2) is 0 Å². The van der Waals surface area contributed by atoms with Gasteiger partial charge in [0, 0.05) is 4.85 Å². The Morgan fingerprint density at radius 2 is 1.21 bits per heavy atom. The van der Waals surface area contributed by atoms with Gasteiger partial charge in [0.25, 0.3) is 0 Å². The summed E-state index contributed by atoms with van der Waals surface area (Å²) in [6.07, 6.45) is 0.985. The molecule has 3 heteroatoms. The van der Waals surface area contributed by atoms with Crippen LogP contribution in [0.2, 0.25) is 39.3 Å². The third kappa shape index (κ3) is 2.94. The topological polar surface area (TPSA) is 20.2 Å². The number of aliphatic hydroxyl groups is 1. The molecule has 0 radical (unpaired) electrons. The predicted octanol–water partition coefficient (Wildman–Crippen LogP) is 3.52. The van der Waals surface area contributed by atoms with Crippen LogP contribution in [-0.2, 0) is 0 Å². The molecule has 0 atom stereocenters. The van der Waals surface area contributed by atoms with E-state index in [0.29, 0.717) is 5.92 Å². The van der Waals surface area contributed by atoms with E-state index in [2.05, 4.69) is 53.1 Å². The lowest BCUT2D eigenvalue weighted by molar-refractivity contribution is 0.161. The lowest BCUT2D eigenvalue weighted by atomic mass is 10.1. The zero-order valence-corrected chi connectivity index (χ0v) is 13.2. The molecular weight excluding hydrogens is 204 g/mol. The average molecular weight is 233 g/mol. The van der Waals surface area contributed by atoms with Crippen LogP contribution in [0.5, 0.6) is 0 Å². The summed E-state index contributed by atoms with van der Waals surface area (Å²) in [5.41, 5.74) is 0. The van der Waals surface area contributed by atoms with Crippen molar-refractivity contribution in [3.63, 3.8) is 0 Å². The molecule has 0 rings (SSSR count). The molecule has 0 aromatic carbocycles. The fraction of sp³-hybridized carbons (Fsp3) is 1.00. The number of hydrogen-bond donors (Lipinski definition) is 1. The molecular formula is C11H28OSi2. The van der Waals surface area contributed by atoms with Crippen molar-refractivity contribution in [3.8, 4) is 0 Å². The molecule has 1 N–H and O–H groups in total. The van der Waals surface area contributed by atoms with E-state index in [1.165, 1.54) is 0 Å². The van der Waals surface area contributed by atoms with Crippen LogP contribution in [-0.4, -0.2) is 26.1 Å². The maximum Gasteiger partial charge on any atom is 0.0779 e. The Morgan fingerprint density at radius 1 is 0.929 bits per heavy atom. The summed E-state index contributed by atoms with van der Waals surface area (Å²) in [5, 5.41) is 11.0. The van der Waals surface area contributed by atoms with Crippen LogP contribution in [0.3, 0.4) is 0 Å². The van der Waals surface area contributed by atoms with E-state index in [4.69, 9.17) is 0 Å². The van der Waals surface area contributed by atoms with Gasteiger partial charge in [-0.25, -0.2) is 0 Å². The summed E-state index contributed by atoms with van der Waals surface area (Å²) in [5.74, 6) is 0.596. The molecule has 86 valence electrons. The number of hydrogen-bond acceptors (Lipinski definition) is 1. The molecule has 0 saturated heterocycles. The van der Waals surface area contributed by atoms with E-state index in [1.807, 2.05) is 0 Å². The van der Waals surface area contributed by atoms with Crippen LogP contribution in [0.4, 0.5) is 0 Å². The lowest BCUT2D eigenvalue weighted by Crippen LogP contribution is -2.67. The largest absolute Gasteiger partial charge is 0.397 e. The maximum atomic E-state index is 11.0. The SMILES string of the molecule is CC(C)CC(O)([Si](C)(C)C)[Si](C)(C)C. The van der Waals surface area contributed by atoms with Gasteiger partial charge >= 0.3 is 0 Å². The summed E-state index contributed by atoms with van der Waals surface area (Å²) >= 11 is 0. The maximum absolute atomic E-state index is 11.0. The molecule has 0 aromatic rings. The normalized spacial score (nSPS) is 15.0. The fourth-order valence-corrected chi connectivity index (χ4v) is 13.4. The van der Waals surface area contributed by atoms with E-state index < -0.39 is 16.1 Å². The summed E-state index contributed by atoms with van der Waals surface area (Å²) < 4.78 is 0. The Bertz CT molecular complexity index is 172. The Kier molecular flexibility index (Phi) is 4.22. The van der Waals surface area contributed by atoms with Gasteiger partial charge in [-0.15, -0.1) is 0 Å². The lowest BCUT2D eigenvalue weighted by Gasteiger charge is -2.48. The first kappa shape index (κ1) is 14.4. The van der Waals surface area contributed by atoms with Crippen molar-refractivity contribution in [1.29, 1.82) is 0 Å². The van der Waals surface area contributed by atoms with Crippen molar-refractivity contribution in [2.24, 2.45) is 5.92 Å². The molecule has 0 aliphatic heterocycles. The minimum atomic E-state index is -1.49. The molecule has 0 fully saturated rings. The molecule has 14 heavy (non-hydrogen) atoms. The van der Waals surface area contributed by atoms with Gasteiger partial charge in [0.1, 0.15) is 0 Å². The molecule has 0 spiro atoms. The van der Waals surface area contributed by atoms with Gasteiger partial charge in [0.05, 0.1) is 16.1 Å². The van der Waals surface area contributed by atoms with E-state index in [9.17, 15) is 5.11 Å². The van der Waals surface area contributed by atoms with Crippen molar-refractivity contribution < 1.29 is 5.11 Å². The van der Waals surface area contributed by atoms with Gasteiger partial charge in [-0.3, -0.25) is 0 Å². The second-order valence-electron chi connectivity index (χ2n) is 6.96. The van der Waals surface area contributed by atoms with Crippen molar-refractivity contribution in [2.75, 3.05) is 0 Å². The Morgan fingerprint density at radius 3 is 1.29 bits per heavy atom. The second kappa shape index (κ2) is 4.10. The Labute approximate surface area is 91.9 Å². The average Bonchev–Trinajstić information content (AvgIpc) is 1.79. The summed E-state index contributed by atoms with van der Waals surface area (Å²) in [7, 11) is -2.98. The molecule has 0 bridgehead atoms. The Balaban J connectivity index is 5.07. The summed E-state index contributed by atoms with van der Waals surface area (Å²) in [4.78, 5) is -0.325. The highest BCUT2D eigenvalue weighted by molar-refractivity contribution is 6.98. The summed E-state index contributed by atoms with van der Waals surface area (Å²) in [6, 6.07) is 0. The van der Waals surface area contributed by atoms with Crippen LogP contribution >= 0.6 is 0 Å². The van der Waals surface area contributed by atoms with Crippen molar-refractivity contribution >= 4 is 16.1 Å². The highest BCUT2D eigenvalue weighted by Gasteiger charge is 2.51. The molecule has 0 aromatic heterocycles. The van der Waals surface area contributed by atoms with Crippen molar-refractivity contribution in [3.05, 3.63) is 0 Å². The smallest absolute Gasteiger partial charge is 0.0779 e. The fourth-order valence-electron chi connectivity index (χ4n) is 2.33. The first-order valence-corrected chi connectivity index (χ1v) is 12.6. The molecule has 0 unspecified atom stereocenters. The van der Waals surface area contributed by atoms with E-state index in [1.54, 1.807) is 0 Å². The Hall–Kier alpha value is 0.394. The molecule has 0 aliphatic rings. The highest BCUT2D eigenvalue weighted by atomic mass is 28.4. The van der Waals surface area contributed by atoms with Crippen LogP contribution < -0.4 is 0 Å². The van der Waals surface area contributed by atoms with Gasteiger partial charge in [-0.2, -0.15) is 0 Å². The van der Waals surface area contributed by atoms with Gasteiger partial charge in [-0.1, -0.05) is 53.1 Å². The molecule has 0 amide bonds. The third-order valence-corrected chi connectivity index (χ3v) is 13.1.